The van der Waals surface area contributed by atoms with Gasteiger partial charge in [-0.05, 0) is 39.0 Å². The minimum absolute atomic E-state index is 0.00402. The third kappa shape index (κ3) is 10.3. The molecule has 30 heavy (non-hydrogen) atoms. The second-order valence-electron chi connectivity index (χ2n) is 8.62. The monoisotopic (exact) mass is 426 g/mol. The molecule has 4 heteroatoms. The molecule has 0 aliphatic heterocycles. The summed E-state index contributed by atoms with van der Waals surface area (Å²) in [6.45, 7) is 10.7. The Morgan fingerprint density at radius 3 is 1.47 bits per heavy atom. The second-order valence-corrected chi connectivity index (χ2v) is 8.62. The number of unbranched alkanes of at least 4 members (excludes halogenated alkanes) is 9. The normalized spacial score (nSPS) is 12.6. The lowest BCUT2D eigenvalue weighted by atomic mass is 9.67. The van der Waals surface area contributed by atoms with E-state index in [1.54, 1.807) is 0 Å². The van der Waals surface area contributed by atoms with Gasteiger partial charge in [-0.25, -0.2) is 0 Å². The maximum Gasteiger partial charge on any atom is 0.323 e. The molecular formula is C26H50O4. The van der Waals surface area contributed by atoms with E-state index >= 15 is 0 Å². The zero-order chi connectivity index (χ0) is 22.7. The fourth-order valence-corrected chi connectivity index (χ4v) is 4.43. The zero-order valence-corrected chi connectivity index (χ0v) is 20.7. The Bertz CT molecular complexity index is 415. The van der Waals surface area contributed by atoms with E-state index in [4.69, 9.17) is 9.47 Å². The van der Waals surface area contributed by atoms with Gasteiger partial charge in [-0.3, -0.25) is 9.59 Å². The molecule has 0 saturated heterocycles. The van der Waals surface area contributed by atoms with Crippen molar-refractivity contribution in [3.63, 3.8) is 0 Å². The van der Waals surface area contributed by atoms with Gasteiger partial charge in [-0.1, -0.05) is 97.8 Å². The number of ether oxygens (including phenoxy) is 2. The van der Waals surface area contributed by atoms with Crippen LogP contribution in [-0.4, -0.2) is 25.2 Å². The van der Waals surface area contributed by atoms with Crippen LogP contribution in [0.15, 0.2) is 0 Å². The van der Waals surface area contributed by atoms with Gasteiger partial charge >= 0.3 is 11.9 Å². The number of hydrogen-bond acceptors (Lipinski definition) is 4. The molecule has 0 aromatic carbocycles. The van der Waals surface area contributed by atoms with E-state index < -0.39 is 5.41 Å². The molecule has 4 nitrogen and oxygen atoms in total. The molecule has 0 aliphatic carbocycles. The molecule has 1 unspecified atom stereocenters. The Kier molecular flexibility index (Phi) is 18.0. The molecule has 0 heterocycles. The Labute approximate surface area is 186 Å². The summed E-state index contributed by atoms with van der Waals surface area (Å²) in [7, 11) is 0. The van der Waals surface area contributed by atoms with Crippen LogP contribution in [0.3, 0.4) is 0 Å². The van der Waals surface area contributed by atoms with Crippen LogP contribution in [0.1, 0.15) is 131 Å². The molecule has 0 fully saturated rings. The Morgan fingerprint density at radius 1 is 0.600 bits per heavy atom. The fourth-order valence-electron chi connectivity index (χ4n) is 4.43. The van der Waals surface area contributed by atoms with Crippen molar-refractivity contribution in [2.75, 3.05) is 13.2 Å². The van der Waals surface area contributed by atoms with Crippen LogP contribution in [0.2, 0.25) is 0 Å². The van der Waals surface area contributed by atoms with Crippen molar-refractivity contribution < 1.29 is 19.1 Å². The van der Waals surface area contributed by atoms with Crippen molar-refractivity contribution in [3.8, 4) is 0 Å². The van der Waals surface area contributed by atoms with Gasteiger partial charge < -0.3 is 9.47 Å². The molecule has 0 saturated carbocycles. The summed E-state index contributed by atoms with van der Waals surface area (Å²) in [5.41, 5.74) is -1.14. The van der Waals surface area contributed by atoms with Crippen LogP contribution in [0.4, 0.5) is 0 Å². The molecule has 0 amide bonds. The number of esters is 2. The standard InChI is InChI=1S/C26H50O4/c1-6-11-14-15-16-17-19-21-23(20-18-12-7-2)26(22-13-8-3,24(27)29-9-4)25(28)30-10-5/h23H,6-22H2,1-5H3. The lowest BCUT2D eigenvalue weighted by Crippen LogP contribution is -2.48. The number of rotatable bonds is 20. The molecular weight excluding hydrogens is 376 g/mol. The van der Waals surface area contributed by atoms with Crippen molar-refractivity contribution >= 4 is 11.9 Å². The largest absolute Gasteiger partial charge is 0.465 e. The van der Waals surface area contributed by atoms with Crippen molar-refractivity contribution in [1.29, 1.82) is 0 Å². The molecule has 0 radical (unpaired) electrons. The first-order valence-corrected chi connectivity index (χ1v) is 12.9. The van der Waals surface area contributed by atoms with Gasteiger partial charge in [0, 0.05) is 0 Å². The Morgan fingerprint density at radius 2 is 1.00 bits per heavy atom. The van der Waals surface area contributed by atoms with E-state index in [1.807, 2.05) is 13.8 Å². The van der Waals surface area contributed by atoms with Crippen molar-refractivity contribution in [2.24, 2.45) is 11.3 Å². The highest BCUT2D eigenvalue weighted by molar-refractivity contribution is 6.00. The lowest BCUT2D eigenvalue weighted by molar-refractivity contribution is -0.178. The van der Waals surface area contributed by atoms with Crippen LogP contribution < -0.4 is 0 Å². The van der Waals surface area contributed by atoms with Gasteiger partial charge in [-0.2, -0.15) is 0 Å². The third-order valence-electron chi connectivity index (χ3n) is 6.21. The maximum atomic E-state index is 13.2. The summed E-state index contributed by atoms with van der Waals surface area (Å²) in [5.74, 6) is -0.716. The van der Waals surface area contributed by atoms with E-state index in [1.165, 1.54) is 38.5 Å². The third-order valence-corrected chi connectivity index (χ3v) is 6.21. The first-order valence-electron chi connectivity index (χ1n) is 12.9. The summed E-state index contributed by atoms with van der Waals surface area (Å²) in [5, 5.41) is 0. The van der Waals surface area contributed by atoms with Crippen LogP contribution in [0, 0.1) is 11.3 Å². The topological polar surface area (TPSA) is 52.6 Å². The lowest BCUT2D eigenvalue weighted by Gasteiger charge is -2.37. The van der Waals surface area contributed by atoms with Gasteiger partial charge in [0.2, 0.25) is 0 Å². The fraction of sp³-hybridized carbons (Fsp3) is 0.923. The van der Waals surface area contributed by atoms with Crippen LogP contribution in [0.5, 0.6) is 0 Å². The highest BCUT2D eigenvalue weighted by Crippen LogP contribution is 2.43. The Balaban J connectivity index is 5.50. The smallest absolute Gasteiger partial charge is 0.323 e. The molecule has 0 aromatic heterocycles. The van der Waals surface area contributed by atoms with Gasteiger partial charge in [0.15, 0.2) is 5.41 Å². The quantitative estimate of drug-likeness (QED) is 0.114. The zero-order valence-electron chi connectivity index (χ0n) is 20.7. The van der Waals surface area contributed by atoms with Crippen LogP contribution in [0.25, 0.3) is 0 Å². The number of carbonyl (C=O) groups excluding carboxylic acids is 2. The van der Waals surface area contributed by atoms with E-state index in [0.717, 1.165) is 51.4 Å². The number of hydrogen-bond donors (Lipinski definition) is 0. The highest BCUT2D eigenvalue weighted by atomic mass is 16.6. The summed E-state index contributed by atoms with van der Waals surface area (Å²) in [6, 6.07) is 0. The average molecular weight is 427 g/mol. The summed E-state index contributed by atoms with van der Waals surface area (Å²) < 4.78 is 11.0. The van der Waals surface area contributed by atoms with Crippen LogP contribution in [-0.2, 0) is 19.1 Å². The molecule has 0 aromatic rings. The minimum Gasteiger partial charge on any atom is -0.465 e. The summed E-state index contributed by atoms with van der Waals surface area (Å²) in [6.07, 6.45) is 16.0. The summed E-state index contributed by atoms with van der Waals surface area (Å²) in [4.78, 5) is 26.5. The van der Waals surface area contributed by atoms with Gasteiger partial charge in [-0.15, -0.1) is 0 Å². The molecule has 0 N–H and O–H groups in total. The first-order chi connectivity index (χ1) is 14.5. The molecule has 1 atom stereocenters. The van der Waals surface area contributed by atoms with E-state index in [0.29, 0.717) is 19.6 Å². The summed E-state index contributed by atoms with van der Waals surface area (Å²) >= 11 is 0. The molecule has 0 spiro atoms. The minimum atomic E-state index is -1.14. The Hall–Kier alpha value is -1.06. The van der Waals surface area contributed by atoms with Crippen molar-refractivity contribution in [3.05, 3.63) is 0 Å². The van der Waals surface area contributed by atoms with E-state index in [9.17, 15) is 9.59 Å². The van der Waals surface area contributed by atoms with Crippen molar-refractivity contribution in [1.82, 2.24) is 0 Å². The van der Waals surface area contributed by atoms with E-state index in [2.05, 4.69) is 20.8 Å². The van der Waals surface area contributed by atoms with Gasteiger partial charge in [0.1, 0.15) is 0 Å². The average Bonchev–Trinajstić information content (AvgIpc) is 2.73. The van der Waals surface area contributed by atoms with Gasteiger partial charge in [0.25, 0.3) is 0 Å². The molecule has 0 rings (SSSR count). The predicted octanol–water partition coefficient (Wildman–Crippen LogP) is 7.63. The maximum absolute atomic E-state index is 13.2. The number of carbonyl (C=O) groups is 2. The van der Waals surface area contributed by atoms with Crippen LogP contribution >= 0.6 is 0 Å². The van der Waals surface area contributed by atoms with E-state index in [-0.39, 0.29) is 17.9 Å². The van der Waals surface area contributed by atoms with Crippen molar-refractivity contribution in [2.45, 2.75) is 131 Å². The highest BCUT2D eigenvalue weighted by Gasteiger charge is 2.53. The molecule has 0 aliphatic rings. The van der Waals surface area contributed by atoms with Gasteiger partial charge in [0.05, 0.1) is 13.2 Å². The first kappa shape index (κ1) is 28.9. The molecule has 178 valence electrons. The SMILES string of the molecule is CCCCCCCCCC(CCCCC)C(CCCC)(C(=O)OCC)C(=O)OCC. The predicted molar refractivity (Wildman–Crippen MR) is 125 cm³/mol. The molecule has 0 bridgehead atoms. The second kappa shape index (κ2) is 18.7.